The van der Waals surface area contributed by atoms with Crippen molar-refractivity contribution in [2.24, 2.45) is 5.92 Å². The molecule has 1 atom stereocenters. The van der Waals surface area contributed by atoms with Crippen molar-refractivity contribution >= 4 is 21.6 Å². The normalized spacial score (nSPS) is 19.5. The molecule has 24 heavy (non-hydrogen) atoms. The highest BCUT2D eigenvalue weighted by Gasteiger charge is 2.29. The van der Waals surface area contributed by atoms with Gasteiger partial charge in [0, 0.05) is 12.2 Å². The summed E-state index contributed by atoms with van der Waals surface area (Å²) in [5.41, 5.74) is 1.16. The third-order valence-corrected chi connectivity index (χ3v) is 6.43. The van der Waals surface area contributed by atoms with Gasteiger partial charge in [-0.3, -0.25) is 0 Å². The van der Waals surface area contributed by atoms with Crippen LogP contribution < -0.4 is 4.74 Å². The molecule has 8 heteroatoms. The maximum Gasteiger partial charge on any atom is 0.276 e. The Morgan fingerprint density at radius 1 is 1.38 bits per heavy atom. The van der Waals surface area contributed by atoms with Gasteiger partial charge in [-0.1, -0.05) is 23.9 Å². The molecule has 2 aromatic rings. The molecule has 2 heterocycles. The van der Waals surface area contributed by atoms with E-state index in [2.05, 4.69) is 10.2 Å². The van der Waals surface area contributed by atoms with Gasteiger partial charge in [0.1, 0.15) is 5.75 Å². The lowest BCUT2D eigenvalue weighted by Gasteiger charge is -2.05. The Balaban J connectivity index is 1.41. The molecule has 0 spiro atoms. The highest BCUT2D eigenvalue weighted by molar-refractivity contribution is 7.99. The number of aromatic nitrogens is 2. The maximum absolute atomic E-state index is 11.5. The van der Waals surface area contributed by atoms with E-state index in [-0.39, 0.29) is 17.4 Å². The Morgan fingerprint density at radius 3 is 3.00 bits per heavy atom. The summed E-state index contributed by atoms with van der Waals surface area (Å²) < 4.78 is 34.2. The highest BCUT2D eigenvalue weighted by atomic mass is 32.2. The molecule has 1 aliphatic heterocycles. The number of benzene rings is 1. The zero-order valence-corrected chi connectivity index (χ0v) is 15.1. The van der Waals surface area contributed by atoms with E-state index in [0.29, 0.717) is 36.3 Å². The smallest absolute Gasteiger partial charge is 0.276 e. The average Bonchev–Trinajstić information content (AvgIpc) is 3.10. The molecule has 1 saturated heterocycles. The van der Waals surface area contributed by atoms with Crippen molar-refractivity contribution in [1.82, 2.24) is 10.2 Å². The number of sulfone groups is 1. The molecule has 1 aromatic carbocycles. The van der Waals surface area contributed by atoms with Crippen molar-refractivity contribution in [3.8, 4) is 5.75 Å². The second kappa shape index (κ2) is 7.57. The van der Waals surface area contributed by atoms with Crippen molar-refractivity contribution in [2.45, 2.75) is 25.0 Å². The van der Waals surface area contributed by atoms with E-state index in [0.717, 1.165) is 11.3 Å². The molecule has 6 nitrogen and oxygen atoms in total. The zero-order valence-electron chi connectivity index (χ0n) is 13.5. The fraction of sp³-hybridized carbons (Fsp3) is 0.500. The molecule has 3 rings (SSSR count). The number of rotatable bonds is 7. The van der Waals surface area contributed by atoms with Gasteiger partial charge in [-0.05, 0) is 37.0 Å². The lowest BCUT2D eigenvalue weighted by molar-refractivity contribution is 0.342. The summed E-state index contributed by atoms with van der Waals surface area (Å²) in [6.07, 6.45) is 1.21. The van der Waals surface area contributed by atoms with Crippen LogP contribution in [0.3, 0.4) is 0 Å². The van der Waals surface area contributed by atoms with Crippen molar-refractivity contribution < 1.29 is 17.6 Å². The summed E-state index contributed by atoms with van der Waals surface area (Å²) in [4.78, 5) is 0. The number of nitrogens with zero attached hydrogens (tertiary/aromatic N) is 2. The van der Waals surface area contributed by atoms with E-state index in [9.17, 15) is 8.42 Å². The van der Waals surface area contributed by atoms with Crippen LogP contribution in [0.4, 0.5) is 0 Å². The van der Waals surface area contributed by atoms with Crippen LogP contribution in [0, 0.1) is 12.8 Å². The van der Waals surface area contributed by atoms with Gasteiger partial charge >= 0.3 is 0 Å². The summed E-state index contributed by atoms with van der Waals surface area (Å²) in [6, 6.07) is 7.91. The largest absolute Gasteiger partial charge is 0.493 e. The van der Waals surface area contributed by atoms with Crippen LogP contribution in [0.15, 0.2) is 33.9 Å². The fourth-order valence-corrected chi connectivity index (χ4v) is 5.11. The molecule has 0 saturated carbocycles. The summed E-state index contributed by atoms with van der Waals surface area (Å²) in [5.74, 6) is 2.65. The summed E-state index contributed by atoms with van der Waals surface area (Å²) in [5, 5.41) is 8.50. The molecule has 0 aliphatic carbocycles. The molecule has 0 radical (unpaired) electrons. The van der Waals surface area contributed by atoms with Crippen LogP contribution in [0.5, 0.6) is 5.75 Å². The molecule has 0 N–H and O–H groups in total. The van der Waals surface area contributed by atoms with Crippen molar-refractivity contribution in [3.63, 3.8) is 0 Å². The lowest BCUT2D eigenvalue weighted by atomic mass is 10.1. The van der Waals surface area contributed by atoms with Crippen molar-refractivity contribution in [1.29, 1.82) is 0 Å². The Kier molecular flexibility index (Phi) is 5.45. The Morgan fingerprint density at radius 2 is 2.25 bits per heavy atom. The second-order valence-corrected chi connectivity index (χ2v) is 9.22. The minimum absolute atomic E-state index is 0.0953. The summed E-state index contributed by atoms with van der Waals surface area (Å²) in [7, 11) is -2.87. The van der Waals surface area contributed by atoms with E-state index in [1.807, 2.05) is 31.2 Å². The van der Waals surface area contributed by atoms with E-state index in [4.69, 9.17) is 9.15 Å². The van der Waals surface area contributed by atoms with E-state index in [1.165, 1.54) is 11.8 Å². The zero-order chi connectivity index (χ0) is 17.0. The van der Waals surface area contributed by atoms with Gasteiger partial charge in [-0.25, -0.2) is 8.42 Å². The quantitative estimate of drug-likeness (QED) is 0.548. The first-order chi connectivity index (χ1) is 11.5. The Hall–Kier alpha value is -1.54. The first-order valence-electron chi connectivity index (χ1n) is 7.85. The van der Waals surface area contributed by atoms with Crippen LogP contribution in [0.25, 0.3) is 0 Å². The van der Waals surface area contributed by atoms with E-state index < -0.39 is 9.84 Å². The molecule has 1 aromatic heterocycles. The Bertz CT molecular complexity index is 789. The van der Waals surface area contributed by atoms with Crippen LogP contribution in [-0.2, 0) is 16.3 Å². The van der Waals surface area contributed by atoms with Crippen LogP contribution >= 0.6 is 11.8 Å². The van der Waals surface area contributed by atoms with E-state index >= 15 is 0 Å². The predicted octanol–water partition coefficient (Wildman–Crippen LogP) is 2.53. The standard InChI is InChI=1S/C16H20N2O4S2/c1-12-3-2-4-14(9-12)21-6-7-23-16-18-17-15(22-16)10-13-5-8-24(19,20)11-13/h2-4,9,13H,5-8,10-11H2,1H3/t13-/m0/s1. The minimum Gasteiger partial charge on any atom is -0.493 e. The first kappa shape index (κ1) is 17.3. The number of ether oxygens (including phenoxy) is 1. The number of thioether (sulfide) groups is 1. The van der Waals surface area contributed by atoms with Gasteiger partial charge in [0.2, 0.25) is 5.89 Å². The monoisotopic (exact) mass is 368 g/mol. The van der Waals surface area contributed by atoms with Gasteiger partial charge in [0.15, 0.2) is 9.84 Å². The molecular formula is C16H20N2O4S2. The van der Waals surface area contributed by atoms with Gasteiger partial charge in [-0.15, -0.1) is 10.2 Å². The molecule has 130 valence electrons. The SMILES string of the molecule is Cc1cccc(OCCSc2nnc(C[C@@H]3CCS(=O)(=O)C3)o2)c1. The van der Waals surface area contributed by atoms with E-state index in [1.54, 1.807) is 0 Å². The molecule has 0 unspecified atom stereocenters. The number of hydrogen-bond acceptors (Lipinski definition) is 7. The third-order valence-electron chi connectivity index (χ3n) is 3.81. The van der Waals surface area contributed by atoms with Crippen LogP contribution in [0.2, 0.25) is 0 Å². The van der Waals surface area contributed by atoms with Crippen molar-refractivity contribution in [2.75, 3.05) is 23.9 Å². The summed E-state index contributed by atoms with van der Waals surface area (Å²) in [6.45, 7) is 2.57. The Labute approximate surface area is 145 Å². The highest BCUT2D eigenvalue weighted by Crippen LogP contribution is 2.24. The minimum atomic E-state index is -2.87. The topological polar surface area (TPSA) is 82.3 Å². The second-order valence-electron chi connectivity index (χ2n) is 5.95. The molecular weight excluding hydrogens is 348 g/mol. The van der Waals surface area contributed by atoms with Crippen LogP contribution in [-0.4, -0.2) is 42.5 Å². The predicted molar refractivity (Wildman–Crippen MR) is 92.2 cm³/mol. The van der Waals surface area contributed by atoms with Crippen molar-refractivity contribution in [3.05, 3.63) is 35.7 Å². The molecule has 0 bridgehead atoms. The fourth-order valence-electron chi connectivity index (χ4n) is 2.65. The summed E-state index contributed by atoms with van der Waals surface area (Å²) >= 11 is 1.44. The number of hydrogen-bond donors (Lipinski definition) is 0. The van der Waals surface area contributed by atoms with Gasteiger partial charge in [-0.2, -0.15) is 0 Å². The maximum atomic E-state index is 11.5. The number of aryl methyl sites for hydroxylation is 1. The van der Waals surface area contributed by atoms with Crippen LogP contribution in [0.1, 0.15) is 17.9 Å². The van der Waals surface area contributed by atoms with Gasteiger partial charge in [0.05, 0.1) is 18.1 Å². The van der Waals surface area contributed by atoms with Gasteiger partial charge in [0.25, 0.3) is 5.22 Å². The molecule has 0 amide bonds. The first-order valence-corrected chi connectivity index (χ1v) is 10.7. The lowest BCUT2D eigenvalue weighted by Crippen LogP contribution is -2.07. The third kappa shape index (κ3) is 4.98. The molecule has 1 fully saturated rings. The van der Waals surface area contributed by atoms with Gasteiger partial charge < -0.3 is 9.15 Å². The molecule has 1 aliphatic rings. The average molecular weight is 368 g/mol.